The zero-order valence-corrected chi connectivity index (χ0v) is 19.7. The molecule has 1 aliphatic rings. The number of hydrogen-bond donors (Lipinski definition) is 0. The number of carbonyl (C=O) groups excluding carboxylic acids is 2. The summed E-state index contributed by atoms with van der Waals surface area (Å²) in [5.74, 6) is -0.613. The molecule has 6 aromatic rings. The molecule has 1 aliphatic heterocycles. The predicted molar refractivity (Wildman–Crippen MR) is 139 cm³/mol. The van der Waals surface area contributed by atoms with Crippen molar-refractivity contribution in [2.75, 3.05) is 7.05 Å². The zero-order chi connectivity index (χ0) is 25.1. The van der Waals surface area contributed by atoms with E-state index in [-0.39, 0.29) is 11.8 Å². The number of rotatable bonds is 3. The predicted octanol–water partition coefficient (Wildman–Crippen LogP) is 4.92. The fourth-order valence-electron chi connectivity index (χ4n) is 5.10. The van der Waals surface area contributed by atoms with E-state index in [2.05, 4.69) is 48.8 Å². The van der Waals surface area contributed by atoms with E-state index < -0.39 is 0 Å². The molecule has 7 rings (SSSR count). The van der Waals surface area contributed by atoms with Crippen LogP contribution in [0.2, 0.25) is 0 Å². The van der Waals surface area contributed by atoms with E-state index in [9.17, 15) is 9.59 Å². The number of benzene rings is 3. The lowest BCUT2D eigenvalue weighted by atomic mass is 10.0. The SMILES string of the molecule is CN1C(=O)c2cccc(-n3c4cc(-c5cncnc5)ccc4c4ccc(-c5cncnc5)cc43)c2C1=O. The Kier molecular flexibility index (Phi) is 4.49. The number of amides is 2. The largest absolute Gasteiger partial charge is 0.308 e. The smallest absolute Gasteiger partial charge is 0.263 e. The third-order valence-corrected chi connectivity index (χ3v) is 6.89. The number of aromatic nitrogens is 5. The third-order valence-electron chi connectivity index (χ3n) is 6.89. The van der Waals surface area contributed by atoms with Gasteiger partial charge in [-0.05, 0) is 35.4 Å². The van der Waals surface area contributed by atoms with Crippen LogP contribution in [0, 0.1) is 0 Å². The molecule has 176 valence electrons. The Bertz CT molecular complexity index is 1780. The van der Waals surface area contributed by atoms with Crippen LogP contribution in [0.1, 0.15) is 20.7 Å². The average molecular weight is 483 g/mol. The van der Waals surface area contributed by atoms with Gasteiger partial charge in [0, 0.05) is 53.7 Å². The summed E-state index contributed by atoms with van der Waals surface area (Å²) in [5.41, 5.74) is 6.92. The molecular weight excluding hydrogens is 464 g/mol. The molecule has 0 fully saturated rings. The van der Waals surface area contributed by atoms with Crippen molar-refractivity contribution in [1.82, 2.24) is 29.4 Å². The highest BCUT2D eigenvalue weighted by Gasteiger charge is 2.35. The summed E-state index contributed by atoms with van der Waals surface area (Å²) in [5, 5.41) is 2.04. The summed E-state index contributed by atoms with van der Waals surface area (Å²) in [6.07, 6.45) is 10.1. The number of carbonyl (C=O) groups is 2. The summed E-state index contributed by atoms with van der Waals surface area (Å²) in [6, 6.07) is 17.8. The summed E-state index contributed by atoms with van der Waals surface area (Å²) in [4.78, 5) is 43.9. The van der Waals surface area contributed by atoms with Crippen LogP contribution in [0.5, 0.6) is 0 Å². The topological polar surface area (TPSA) is 93.9 Å². The number of fused-ring (bicyclic) bond motifs is 4. The van der Waals surface area contributed by atoms with Crippen molar-refractivity contribution in [2.24, 2.45) is 0 Å². The van der Waals surface area contributed by atoms with Gasteiger partial charge < -0.3 is 4.57 Å². The Balaban J connectivity index is 1.59. The number of nitrogens with zero attached hydrogens (tertiary/aromatic N) is 6. The molecule has 0 N–H and O–H groups in total. The van der Waals surface area contributed by atoms with Crippen LogP contribution in [-0.4, -0.2) is 48.3 Å². The second kappa shape index (κ2) is 7.89. The van der Waals surface area contributed by atoms with Crippen molar-refractivity contribution in [3.8, 4) is 27.9 Å². The summed E-state index contributed by atoms with van der Waals surface area (Å²) >= 11 is 0. The first-order valence-corrected chi connectivity index (χ1v) is 11.7. The summed E-state index contributed by atoms with van der Waals surface area (Å²) < 4.78 is 2.06. The molecule has 2 amide bonds. The molecule has 0 saturated heterocycles. The van der Waals surface area contributed by atoms with E-state index in [0.717, 1.165) is 44.1 Å². The normalized spacial score (nSPS) is 13.1. The Morgan fingerprint density at radius 2 is 1.16 bits per heavy atom. The Hall–Kier alpha value is -5.24. The molecule has 37 heavy (non-hydrogen) atoms. The zero-order valence-electron chi connectivity index (χ0n) is 19.7. The Labute approximate surface area is 210 Å². The van der Waals surface area contributed by atoms with Gasteiger partial charge in [0.2, 0.25) is 0 Å². The van der Waals surface area contributed by atoms with Crippen molar-refractivity contribution >= 4 is 33.6 Å². The lowest BCUT2D eigenvalue weighted by molar-refractivity contribution is 0.0693. The molecule has 3 aromatic carbocycles. The first-order chi connectivity index (χ1) is 18.1. The molecule has 8 heteroatoms. The molecule has 0 atom stereocenters. The van der Waals surface area contributed by atoms with E-state index >= 15 is 0 Å². The van der Waals surface area contributed by atoms with Crippen LogP contribution in [0.3, 0.4) is 0 Å². The number of imide groups is 1. The second-order valence-corrected chi connectivity index (χ2v) is 8.92. The van der Waals surface area contributed by atoms with Crippen molar-refractivity contribution in [1.29, 1.82) is 0 Å². The molecule has 0 radical (unpaired) electrons. The molecule has 3 aromatic heterocycles. The van der Waals surface area contributed by atoms with Gasteiger partial charge in [-0.2, -0.15) is 0 Å². The fourth-order valence-corrected chi connectivity index (χ4v) is 5.10. The van der Waals surface area contributed by atoms with Gasteiger partial charge in [-0.15, -0.1) is 0 Å². The average Bonchev–Trinajstić information content (AvgIpc) is 3.40. The standard InChI is InChI=1S/C29H18N6O2/c1-34-28(36)23-3-2-4-24(27(23)29(34)37)35-25-9-17(19-11-30-15-31-12-19)5-7-21(25)22-8-6-18(10-26(22)35)20-13-32-16-33-14-20/h2-16H,1H3. The molecule has 0 saturated carbocycles. The van der Waals surface area contributed by atoms with Crippen LogP contribution >= 0.6 is 0 Å². The summed E-state index contributed by atoms with van der Waals surface area (Å²) in [7, 11) is 1.52. The second-order valence-electron chi connectivity index (χ2n) is 8.92. The molecule has 0 unspecified atom stereocenters. The highest BCUT2D eigenvalue weighted by atomic mass is 16.2. The highest BCUT2D eigenvalue weighted by Crippen LogP contribution is 2.39. The first kappa shape index (κ1) is 21.1. The monoisotopic (exact) mass is 482 g/mol. The van der Waals surface area contributed by atoms with Gasteiger partial charge in [0.15, 0.2) is 0 Å². The lowest BCUT2D eigenvalue weighted by Crippen LogP contribution is -2.24. The Morgan fingerprint density at radius 3 is 1.70 bits per heavy atom. The molecule has 0 spiro atoms. The van der Waals surface area contributed by atoms with E-state index in [0.29, 0.717) is 16.8 Å². The van der Waals surface area contributed by atoms with Crippen LogP contribution in [0.25, 0.3) is 49.7 Å². The van der Waals surface area contributed by atoms with Crippen LogP contribution in [-0.2, 0) is 0 Å². The molecular formula is C29H18N6O2. The maximum absolute atomic E-state index is 13.2. The Morgan fingerprint density at radius 1 is 0.622 bits per heavy atom. The van der Waals surface area contributed by atoms with Gasteiger partial charge in [0.25, 0.3) is 11.8 Å². The molecule has 8 nitrogen and oxygen atoms in total. The third kappa shape index (κ3) is 3.09. The van der Waals surface area contributed by atoms with E-state index in [1.807, 2.05) is 24.3 Å². The van der Waals surface area contributed by atoms with E-state index in [4.69, 9.17) is 0 Å². The highest BCUT2D eigenvalue weighted by molar-refractivity contribution is 6.23. The van der Waals surface area contributed by atoms with E-state index in [1.165, 1.54) is 24.6 Å². The van der Waals surface area contributed by atoms with Gasteiger partial charge in [-0.1, -0.05) is 30.3 Å². The molecule has 4 heterocycles. The van der Waals surface area contributed by atoms with Crippen molar-refractivity contribution in [3.05, 3.63) is 103 Å². The van der Waals surface area contributed by atoms with Crippen LogP contribution in [0.15, 0.2) is 92.0 Å². The van der Waals surface area contributed by atoms with Crippen molar-refractivity contribution < 1.29 is 9.59 Å². The quantitative estimate of drug-likeness (QED) is 0.332. The molecule has 0 bridgehead atoms. The van der Waals surface area contributed by atoms with Gasteiger partial charge in [0.05, 0.1) is 27.8 Å². The summed E-state index contributed by atoms with van der Waals surface area (Å²) in [6.45, 7) is 0. The van der Waals surface area contributed by atoms with Gasteiger partial charge >= 0.3 is 0 Å². The van der Waals surface area contributed by atoms with E-state index in [1.54, 1.807) is 30.9 Å². The van der Waals surface area contributed by atoms with Gasteiger partial charge in [-0.25, -0.2) is 19.9 Å². The number of hydrogen-bond acceptors (Lipinski definition) is 6. The van der Waals surface area contributed by atoms with Crippen LogP contribution < -0.4 is 0 Å². The maximum atomic E-state index is 13.2. The lowest BCUT2D eigenvalue weighted by Gasteiger charge is -2.13. The van der Waals surface area contributed by atoms with Crippen molar-refractivity contribution in [2.45, 2.75) is 0 Å². The minimum atomic E-state index is -0.314. The first-order valence-electron chi connectivity index (χ1n) is 11.7. The minimum absolute atomic E-state index is 0.299. The molecule has 0 aliphatic carbocycles. The van der Waals surface area contributed by atoms with Gasteiger partial charge in [-0.3, -0.25) is 14.5 Å². The fraction of sp³-hybridized carbons (Fsp3) is 0.0345. The maximum Gasteiger partial charge on any atom is 0.263 e. The van der Waals surface area contributed by atoms with Crippen molar-refractivity contribution in [3.63, 3.8) is 0 Å². The minimum Gasteiger partial charge on any atom is -0.308 e. The van der Waals surface area contributed by atoms with Crippen LogP contribution in [0.4, 0.5) is 0 Å². The van der Waals surface area contributed by atoms with Gasteiger partial charge in [0.1, 0.15) is 12.7 Å².